The van der Waals surface area contributed by atoms with Gasteiger partial charge in [0.05, 0.1) is 10.6 Å². The second-order valence-electron chi connectivity index (χ2n) is 3.49. The molecule has 102 valence electrons. The topological polar surface area (TPSA) is 118 Å². The summed E-state index contributed by atoms with van der Waals surface area (Å²) in [7, 11) is -5.87. The molecule has 0 spiro atoms. The van der Waals surface area contributed by atoms with Gasteiger partial charge in [-0.3, -0.25) is 0 Å². The van der Waals surface area contributed by atoms with Gasteiger partial charge in [0.15, 0.2) is 0 Å². The number of hydrogen-bond donors (Lipinski definition) is 3. The number of nitrogens with two attached hydrogens (primary N) is 1. The molecule has 0 aliphatic carbocycles. The fourth-order valence-electron chi connectivity index (χ4n) is 1.14. The van der Waals surface area contributed by atoms with Crippen LogP contribution in [0.5, 0.6) is 0 Å². The summed E-state index contributed by atoms with van der Waals surface area (Å²) in [6.45, 7) is -0.199. The van der Waals surface area contributed by atoms with Crippen LogP contribution in [0.25, 0.3) is 0 Å². The standard InChI is InChI=1S/C9H15N3O4S2/c1-11-17(13,14)7-6-12-18(15,16)9-4-2-8(10)3-5-9/h2-5,11-12H,6-7,10H2,1H3. The van der Waals surface area contributed by atoms with E-state index in [1.165, 1.54) is 31.3 Å². The van der Waals surface area contributed by atoms with Gasteiger partial charge in [-0.15, -0.1) is 0 Å². The maximum atomic E-state index is 11.8. The summed E-state index contributed by atoms with van der Waals surface area (Å²) in [5.41, 5.74) is 5.89. The monoisotopic (exact) mass is 293 g/mol. The molecule has 1 rings (SSSR count). The molecule has 1 aromatic carbocycles. The first-order valence-corrected chi connectivity index (χ1v) is 8.17. The maximum absolute atomic E-state index is 11.8. The van der Waals surface area contributed by atoms with Crippen molar-refractivity contribution in [3.05, 3.63) is 24.3 Å². The van der Waals surface area contributed by atoms with Crippen LogP contribution in [-0.4, -0.2) is 36.2 Å². The fourth-order valence-corrected chi connectivity index (χ4v) is 2.88. The number of benzene rings is 1. The molecule has 0 aliphatic rings. The van der Waals surface area contributed by atoms with E-state index < -0.39 is 20.0 Å². The van der Waals surface area contributed by atoms with Crippen molar-refractivity contribution in [2.45, 2.75) is 4.90 Å². The predicted octanol–water partition coefficient (Wildman–Crippen LogP) is -0.904. The van der Waals surface area contributed by atoms with E-state index in [9.17, 15) is 16.8 Å². The molecule has 0 aliphatic heterocycles. The second kappa shape index (κ2) is 5.65. The van der Waals surface area contributed by atoms with Crippen LogP contribution in [0.3, 0.4) is 0 Å². The highest BCUT2D eigenvalue weighted by atomic mass is 32.2. The van der Waals surface area contributed by atoms with Crippen molar-refractivity contribution < 1.29 is 16.8 Å². The Balaban J connectivity index is 2.69. The van der Waals surface area contributed by atoms with Crippen LogP contribution >= 0.6 is 0 Å². The highest BCUT2D eigenvalue weighted by Gasteiger charge is 2.15. The van der Waals surface area contributed by atoms with Crippen LogP contribution in [0.15, 0.2) is 29.2 Å². The lowest BCUT2D eigenvalue weighted by Gasteiger charge is -2.07. The van der Waals surface area contributed by atoms with Crippen LogP contribution in [0.2, 0.25) is 0 Å². The third-order valence-corrected chi connectivity index (χ3v) is 5.00. The van der Waals surface area contributed by atoms with E-state index >= 15 is 0 Å². The third-order valence-electron chi connectivity index (χ3n) is 2.16. The zero-order chi connectivity index (χ0) is 13.8. The van der Waals surface area contributed by atoms with Gasteiger partial charge >= 0.3 is 0 Å². The van der Waals surface area contributed by atoms with Gasteiger partial charge in [-0.1, -0.05) is 0 Å². The van der Waals surface area contributed by atoms with Crippen molar-refractivity contribution in [2.24, 2.45) is 0 Å². The molecular formula is C9H15N3O4S2. The lowest BCUT2D eigenvalue weighted by Crippen LogP contribution is -2.32. The van der Waals surface area contributed by atoms with Crippen LogP contribution in [-0.2, 0) is 20.0 Å². The van der Waals surface area contributed by atoms with Gasteiger partial charge in [0, 0.05) is 12.2 Å². The molecule has 7 nitrogen and oxygen atoms in total. The summed E-state index contributed by atoms with van der Waals surface area (Å²) in [5.74, 6) is -0.322. The average Bonchev–Trinajstić information content (AvgIpc) is 2.29. The second-order valence-corrected chi connectivity index (χ2v) is 7.30. The van der Waals surface area contributed by atoms with Crippen molar-refractivity contribution in [1.82, 2.24) is 9.44 Å². The summed E-state index contributed by atoms with van der Waals surface area (Å²) in [6.07, 6.45) is 0. The van der Waals surface area contributed by atoms with Gasteiger partial charge < -0.3 is 5.73 Å². The summed E-state index contributed by atoms with van der Waals surface area (Å²) in [6, 6.07) is 5.62. The van der Waals surface area contributed by atoms with E-state index in [2.05, 4.69) is 9.44 Å². The van der Waals surface area contributed by atoms with E-state index in [0.717, 1.165) is 0 Å². The number of sulfonamides is 2. The van der Waals surface area contributed by atoms with Crippen LogP contribution < -0.4 is 15.2 Å². The fraction of sp³-hybridized carbons (Fsp3) is 0.333. The molecular weight excluding hydrogens is 278 g/mol. The summed E-state index contributed by atoms with van der Waals surface area (Å²) in [5, 5.41) is 0. The first-order chi connectivity index (χ1) is 8.27. The summed E-state index contributed by atoms with van der Waals surface area (Å²) < 4.78 is 50.0. The Bertz CT molecular complexity index is 593. The Morgan fingerprint density at radius 2 is 1.67 bits per heavy atom. The summed E-state index contributed by atoms with van der Waals surface area (Å²) in [4.78, 5) is 0.0403. The average molecular weight is 293 g/mol. The highest BCUT2D eigenvalue weighted by Crippen LogP contribution is 2.10. The number of anilines is 1. The van der Waals surface area contributed by atoms with E-state index in [1.54, 1.807) is 0 Å². The molecule has 0 aromatic heterocycles. The van der Waals surface area contributed by atoms with Crippen molar-refractivity contribution in [2.75, 3.05) is 25.1 Å². The van der Waals surface area contributed by atoms with Crippen molar-refractivity contribution in [3.8, 4) is 0 Å². The molecule has 0 saturated heterocycles. The number of nitrogen functional groups attached to an aromatic ring is 1. The van der Waals surface area contributed by atoms with Gasteiger partial charge in [-0.2, -0.15) is 0 Å². The molecule has 0 amide bonds. The molecule has 0 saturated carbocycles. The Hall–Kier alpha value is -1.16. The summed E-state index contributed by atoms with van der Waals surface area (Å²) >= 11 is 0. The lowest BCUT2D eigenvalue weighted by molar-refractivity contribution is 0.578. The molecule has 18 heavy (non-hydrogen) atoms. The van der Waals surface area contributed by atoms with E-state index in [4.69, 9.17) is 5.73 Å². The molecule has 1 aromatic rings. The van der Waals surface area contributed by atoms with Crippen molar-refractivity contribution in [3.63, 3.8) is 0 Å². The van der Waals surface area contributed by atoms with E-state index in [0.29, 0.717) is 5.69 Å². The Morgan fingerprint density at radius 3 is 2.17 bits per heavy atom. The SMILES string of the molecule is CNS(=O)(=O)CCNS(=O)(=O)c1ccc(N)cc1. The molecule has 0 heterocycles. The van der Waals surface area contributed by atoms with Crippen LogP contribution in [0.4, 0.5) is 5.69 Å². The zero-order valence-corrected chi connectivity index (χ0v) is 11.4. The minimum atomic E-state index is -3.71. The third kappa shape index (κ3) is 4.26. The van der Waals surface area contributed by atoms with E-state index in [-0.39, 0.29) is 17.2 Å². The molecule has 0 radical (unpaired) electrons. The zero-order valence-electron chi connectivity index (χ0n) is 9.75. The van der Waals surface area contributed by atoms with Gasteiger partial charge in [-0.25, -0.2) is 26.3 Å². The van der Waals surface area contributed by atoms with Gasteiger partial charge in [0.2, 0.25) is 20.0 Å². The smallest absolute Gasteiger partial charge is 0.240 e. The Kier molecular flexibility index (Phi) is 4.68. The minimum Gasteiger partial charge on any atom is -0.399 e. The molecule has 0 fully saturated rings. The molecule has 4 N–H and O–H groups in total. The molecule has 0 atom stereocenters. The quantitative estimate of drug-likeness (QED) is 0.587. The predicted molar refractivity (Wildman–Crippen MR) is 68.9 cm³/mol. The normalized spacial score (nSPS) is 12.5. The largest absolute Gasteiger partial charge is 0.399 e. The lowest BCUT2D eigenvalue weighted by atomic mass is 10.3. The van der Waals surface area contributed by atoms with Gasteiger partial charge in [-0.05, 0) is 31.3 Å². The highest BCUT2D eigenvalue weighted by molar-refractivity contribution is 7.90. The number of rotatable bonds is 6. The Morgan fingerprint density at radius 1 is 1.11 bits per heavy atom. The van der Waals surface area contributed by atoms with Crippen LogP contribution in [0, 0.1) is 0 Å². The van der Waals surface area contributed by atoms with Gasteiger partial charge in [0.25, 0.3) is 0 Å². The van der Waals surface area contributed by atoms with Crippen molar-refractivity contribution in [1.29, 1.82) is 0 Å². The first-order valence-electron chi connectivity index (χ1n) is 5.03. The Labute approximate surface area is 106 Å². The maximum Gasteiger partial charge on any atom is 0.240 e. The molecule has 0 bridgehead atoms. The van der Waals surface area contributed by atoms with Gasteiger partial charge in [0.1, 0.15) is 0 Å². The van der Waals surface area contributed by atoms with E-state index in [1.807, 2.05) is 0 Å². The minimum absolute atomic E-state index is 0.0403. The molecule has 9 heteroatoms. The molecule has 0 unspecified atom stereocenters. The van der Waals surface area contributed by atoms with Crippen LogP contribution in [0.1, 0.15) is 0 Å². The number of hydrogen-bond acceptors (Lipinski definition) is 5. The van der Waals surface area contributed by atoms with Crippen molar-refractivity contribution >= 4 is 25.7 Å². The first kappa shape index (κ1) is 14.9. The number of nitrogens with one attached hydrogen (secondary N) is 2.